The van der Waals surface area contributed by atoms with Gasteiger partial charge in [0.1, 0.15) is 0 Å². The van der Waals surface area contributed by atoms with E-state index in [0.717, 1.165) is 0 Å². The van der Waals surface area contributed by atoms with Crippen molar-refractivity contribution < 1.29 is 118 Å². The summed E-state index contributed by atoms with van der Waals surface area (Å²) in [5.41, 5.74) is 12.1. The molecule has 0 radical (unpaired) electrons. The predicted octanol–water partition coefficient (Wildman–Crippen LogP) is -12.5. The zero-order valence-corrected chi connectivity index (χ0v) is 23.2. The minimum Gasteiger partial charge on any atom is -0.822 e. The van der Waals surface area contributed by atoms with Crippen molar-refractivity contribution in [2.75, 3.05) is 11.5 Å². The van der Waals surface area contributed by atoms with Crippen LogP contribution in [0.4, 0.5) is 21.0 Å². The molecule has 12 nitrogen and oxygen atoms in total. The molecule has 2 heterocycles. The molecular formula is C14H10N6Na3O6P. The maximum absolute atomic E-state index is 10.6. The Labute approximate surface area is 235 Å². The molecule has 0 atom stereocenters. The van der Waals surface area contributed by atoms with Crippen LogP contribution in [-0.2, 0) is 4.57 Å². The molecule has 2 aromatic carbocycles. The molecular weight excluding hydrogens is 448 g/mol. The van der Waals surface area contributed by atoms with Crippen molar-refractivity contribution in [3.05, 3.63) is 57.8 Å². The number of phosphoric acid groups is 1. The average molecular weight is 458 g/mol. The molecule has 0 unspecified atom stereocenters. The Morgan fingerprint density at radius 3 is 1.20 bits per heavy atom. The molecule has 2 aliphatic heterocycles. The van der Waals surface area contributed by atoms with Gasteiger partial charge in [-0.05, 0) is 36.4 Å². The zero-order chi connectivity index (χ0) is 20.2. The Hall–Kier alpha value is -0.310. The number of nitrogens with zero attached hydrogens (tertiary/aromatic N) is 4. The number of carbonyl (C=O) groups excluding carboxylic acids is 2. The number of urea groups is 2. The second kappa shape index (κ2) is 14.0. The molecule has 0 aromatic heterocycles. The van der Waals surface area contributed by atoms with Gasteiger partial charge in [0, 0.05) is 11.4 Å². The molecule has 0 spiro atoms. The van der Waals surface area contributed by atoms with Crippen LogP contribution in [0.15, 0.2) is 56.4 Å². The third-order valence-corrected chi connectivity index (χ3v) is 2.86. The van der Waals surface area contributed by atoms with Crippen molar-refractivity contribution in [2.24, 2.45) is 20.0 Å². The normalized spacial score (nSPS) is 12.0. The molecule has 0 saturated carbocycles. The average Bonchev–Trinajstić information content (AvgIpc) is 3.06. The van der Waals surface area contributed by atoms with Crippen molar-refractivity contribution in [1.29, 1.82) is 0 Å². The molecule has 16 heteroatoms. The van der Waals surface area contributed by atoms with Gasteiger partial charge in [-0.2, -0.15) is 27.8 Å². The van der Waals surface area contributed by atoms with Crippen molar-refractivity contribution in [3.8, 4) is 0 Å². The van der Waals surface area contributed by atoms with Gasteiger partial charge in [-0.15, -0.1) is 0 Å². The predicted molar refractivity (Wildman–Crippen MR) is 84.7 cm³/mol. The number of hydrogen-bond acceptors (Lipinski definition) is 8. The smallest absolute Gasteiger partial charge is 0.822 e. The van der Waals surface area contributed by atoms with Crippen LogP contribution < -0.4 is 136 Å². The van der Waals surface area contributed by atoms with E-state index in [0.29, 0.717) is 32.8 Å². The number of carbonyl (C=O) groups is 2. The van der Waals surface area contributed by atoms with Crippen LogP contribution in [0.25, 0.3) is 0 Å². The Morgan fingerprint density at radius 1 is 0.633 bits per heavy atom. The van der Waals surface area contributed by atoms with Gasteiger partial charge in [-0.1, -0.05) is 0 Å². The van der Waals surface area contributed by atoms with E-state index in [1.165, 1.54) is 0 Å². The molecule has 0 saturated heterocycles. The summed E-state index contributed by atoms with van der Waals surface area (Å²) in [4.78, 5) is 61.4. The summed E-state index contributed by atoms with van der Waals surface area (Å²) < 4.78 is 8.55. The SMILES string of the molecule is Nc1ccc2c(c1)=NC(=O)N=2.Nc1ccc2c(c1)=NC(=O)N=2.O=P([O-])([O-])[O-].[Na+].[Na+].[Na+]. The van der Waals surface area contributed by atoms with Gasteiger partial charge in [0.05, 0.1) is 21.4 Å². The quantitative estimate of drug-likeness (QED) is 0.219. The van der Waals surface area contributed by atoms with Gasteiger partial charge < -0.3 is 30.7 Å². The van der Waals surface area contributed by atoms with Crippen LogP contribution in [0, 0.1) is 0 Å². The van der Waals surface area contributed by atoms with Gasteiger partial charge in [0.25, 0.3) is 0 Å². The number of amides is 4. The van der Waals surface area contributed by atoms with E-state index >= 15 is 0 Å². The summed E-state index contributed by atoms with van der Waals surface area (Å²) in [5.74, 6) is 0. The summed E-state index contributed by atoms with van der Waals surface area (Å²) in [6.45, 7) is 0. The first kappa shape index (κ1) is 31.9. The van der Waals surface area contributed by atoms with Gasteiger partial charge >= 0.3 is 101 Å². The number of nitrogens with two attached hydrogens (primary N) is 2. The van der Waals surface area contributed by atoms with E-state index in [1.807, 2.05) is 0 Å². The fraction of sp³-hybridized carbons (Fsp3) is 0. The van der Waals surface area contributed by atoms with E-state index in [4.69, 9.17) is 30.7 Å². The van der Waals surface area contributed by atoms with Crippen LogP contribution in [0.1, 0.15) is 0 Å². The molecule has 0 aliphatic carbocycles. The molecule has 140 valence electrons. The maximum atomic E-state index is 10.6. The maximum Gasteiger partial charge on any atom is 1.00 e. The van der Waals surface area contributed by atoms with E-state index in [-0.39, 0.29) is 88.7 Å². The first-order chi connectivity index (χ1) is 12.5. The third kappa shape index (κ3) is 11.3. The molecule has 0 bridgehead atoms. The summed E-state index contributed by atoms with van der Waals surface area (Å²) in [6, 6.07) is 9.09. The van der Waals surface area contributed by atoms with Crippen molar-refractivity contribution >= 4 is 31.3 Å². The van der Waals surface area contributed by atoms with E-state index < -0.39 is 19.9 Å². The van der Waals surface area contributed by atoms with Gasteiger partial charge in [-0.3, -0.25) is 0 Å². The standard InChI is InChI=1S/2C7H5N3O.3Na.H3O4P/c2*8-4-1-2-5-6(3-4)10-7(11)9-5;;;;1-5(2,3)4/h2*1-3H,8H2;;;;(H3,1,2,3,4)/q;;3*+1;/p-3. The number of hydrogen-bond donors (Lipinski definition) is 2. The summed E-state index contributed by atoms with van der Waals surface area (Å²) in [6.07, 6.45) is 0. The Morgan fingerprint density at radius 2 is 0.900 bits per heavy atom. The minimum atomic E-state index is -5.39. The Kier molecular flexibility index (Phi) is 14.8. The topological polar surface area (TPSA) is 222 Å². The van der Waals surface area contributed by atoms with E-state index in [2.05, 4.69) is 20.0 Å². The largest absolute Gasteiger partial charge is 1.00 e. The van der Waals surface area contributed by atoms with Gasteiger partial charge in [0.2, 0.25) is 0 Å². The molecule has 2 aromatic rings. The fourth-order valence-corrected chi connectivity index (χ4v) is 1.91. The Balaban J connectivity index is 0. The number of fused-ring (bicyclic) bond motifs is 2. The second-order valence-corrected chi connectivity index (χ2v) is 5.85. The van der Waals surface area contributed by atoms with Crippen molar-refractivity contribution in [2.45, 2.75) is 0 Å². The monoisotopic (exact) mass is 458 g/mol. The fourth-order valence-electron chi connectivity index (χ4n) is 1.91. The number of nitrogen functional groups attached to an aromatic ring is 2. The molecule has 2 aliphatic rings. The van der Waals surface area contributed by atoms with Crippen LogP contribution in [0.5, 0.6) is 0 Å². The number of anilines is 2. The first-order valence-electron chi connectivity index (χ1n) is 6.98. The molecule has 4 rings (SSSR count). The van der Waals surface area contributed by atoms with Crippen LogP contribution >= 0.6 is 7.82 Å². The minimum absolute atomic E-state index is 0. The first-order valence-corrected chi connectivity index (χ1v) is 8.44. The molecule has 30 heavy (non-hydrogen) atoms. The Bertz CT molecular complexity index is 1130. The third-order valence-electron chi connectivity index (χ3n) is 2.86. The summed E-state index contributed by atoms with van der Waals surface area (Å²) in [7, 11) is -5.39. The van der Waals surface area contributed by atoms with Gasteiger partial charge in [-0.25, -0.2) is 9.59 Å². The van der Waals surface area contributed by atoms with E-state index in [9.17, 15) is 9.59 Å². The van der Waals surface area contributed by atoms with Crippen molar-refractivity contribution in [3.63, 3.8) is 0 Å². The van der Waals surface area contributed by atoms with Crippen LogP contribution in [-0.4, -0.2) is 12.1 Å². The zero-order valence-electron chi connectivity index (χ0n) is 16.3. The van der Waals surface area contributed by atoms with Crippen molar-refractivity contribution in [1.82, 2.24) is 0 Å². The van der Waals surface area contributed by atoms with Gasteiger partial charge in [0.15, 0.2) is 0 Å². The number of benzene rings is 2. The summed E-state index contributed by atoms with van der Waals surface area (Å²) >= 11 is 0. The molecule has 4 amide bonds. The van der Waals surface area contributed by atoms with E-state index in [1.54, 1.807) is 36.4 Å². The van der Waals surface area contributed by atoms with Crippen LogP contribution in [0.3, 0.4) is 0 Å². The summed E-state index contributed by atoms with van der Waals surface area (Å²) in [5, 5.41) is 2.33. The second-order valence-electron chi connectivity index (χ2n) is 4.96. The molecule has 4 N–H and O–H groups in total. The van der Waals surface area contributed by atoms with Crippen LogP contribution in [0.2, 0.25) is 0 Å². The molecule has 0 fully saturated rings. The number of rotatable bonds is 0.